The van der Waals surface area contributed by atoms with E-state index in [0.29, 0.717) is 6.04 Å². The van der Waals surface area contributed by atoms with Crippen LogP contribution in [0.2, 0.25) is 0 Å². The topological polar surface area (TPSA) is 55.2 Å². The predicted octanol–water partition coefficient (Wildman–Crippen LogP) is 3.11. The van der Waals surface area contributed by atoms with Crippen molar-refractivity contribution >= 4 is 11.4 Å². The fourth-order valence-corrected chi connectivity index (χ4v) is 2.05. The van der Waals surface area contributed by atoms with E-state index >= 15 is 0 Å². The summed E-state index contributed by atoms with van der Waals surface area (Å²) in [6.07, 6.45) is 2.35. The Balaban J connectivity index is 2.16. The molecule has 1 N–H and O–H groups in total. The summed E-state index contributed by atoms with van der Waals surface area (Å²) in [6, 6.07) is 5.69. The standard InChI is InChI=1S/C12H16N2O2/c1-3-9-7-11(9)13-10-5-4-6-12(8(10)2)14(15)16/h4-6,9,11,13H,3,7H2,1-2H3. The van der Waals surface area contributed by atoms with Crippen LogP contribution in [0.4, 0.5) is 11.4 Å². The molecule has 0 bridgehead atoms. The van der Waals surface area contributed by atoms with Gasteiger partial charge in [-0.1, -0.05) is 19.4 Å². The average Bonchev–Trinajstić information content (AvgIpc) is 2.99. The second kappa shape index (κ2) is 4.12. The number of nitrogens with one attached hydrogen (secondary N) is 1. The van der Waals surface area contributed by atoms with Gasteiger partial charge in [-0.05, 0) is 25.3 Å². The highest BCUT2D eigenvalue weighted by molar-refractivity contribution is 5.60. The Hall–Kier alpha value is -1.58. The molecule has 1 saturated carbocycles. The van der Waals surface area contributed by atoms with Crippen molar-refractivity contribution in [2.75, 3.05) is 5.32 Å². The van der Waals surface area contributed by atoms with Crippen LogP contribution in [0, 0.1) is 23.0 Å². The van der Waals surface area contributed by atoms with Crippen molar-refractivity contribution in [3.8, 4) is 0 Å². The smallest absolute Gasteiger partial charge is 0.274 e. The summed E-state index contributed by atoms with van der Waals surface area (Å²) >= 11 is 0. The highest BCUT2D eigenvalue weighted by Crippen LogP contribution is 2.37. The maximum absolute atomic E-state index is 10.8. The average molecular weight is 220 g/mol. The fraction of sp³-hybridized carbons (Fsp3) is 0.500. The molecular weight excluding hydrogens is 204 g/mol. The Morgan fingerprint density at radius 2 is 2.31 bits per heavy atom. The Bertz CT molecular complexity index is 417. The molecule has 0 aliphatic heterocycles. The second-order valence-corrected chi connectivity index (χ2v) is 4.36. The molecule has 2 rings (SSSR count). The largest absolute Gasteiger partial charge is 0.382 e. The van der Waals surface area contributed by atoms with Gasteiger partial charge in [0.1, 0.15) is 0 Å². The first-order valence-corrected chi connectivity index (χ1v) is 5.64. The van der Waals surface area contributed by atoms with Crippen LogP contribution in [-0.4, -0.2) is 11.0 Å². The van der Waals surface area contributed by atoms with Crippen LogP contribution < -0.4 is 5.32 Å². The summed E-state index contributed by atoms with van der Waals surface area (Å²) in [7, 11) is 0. The zero-order valence-corrected chi connectivity index (χ0v) is 9.56. The van der Waals surface area contributed by atoms with Crippen LogP contribution in [-0.2, 0) is 0 Å². The number of hydrogen-bond acceptors (Lipinski definition) is 3. The molecule has 4 nitrogen and oxygen atoms in total. The number of hydrogen-bond donors (Lipinski definition) is 1. The Morgan fingerprint density at radius 1 is 1.56 bits per heavy atom. The molecule has 2 atom stereocenters. The fourth-order valence-electron chi connectivity index (χ4n) is 2.05. The summed E-state index contributed by atoms with van der Waals surface area (Å²) < 4.78 is 0. The number of nitro groups is 1. The molecule has 86 valence electrons. The third-order valence-corrected chi connectivity index (χ3v) is 3.29. The first-order chi connectivity index (χ1) is 7.63. The number of nitro benzene ring substituents is 1. The normalized spacial score (nSPS) is 22.9. The van der Waals surface area contributed by atoms with Crippen molar-refractivity contribution in [2.24, 2.45) is 5.92 Å². The molecule has 16 heavy (non-hydrogen) atoms. The summed E-state index contributed by atoms with van der Waals surface area (Å²) in [5.41, 5.74) is 1.82. The van der Waals surface area contributed by atoms with E-state index in [9.17, 15) is 10.1 Å². The minimum atomic E-state index is -0.329. The molecule has 0 amide bonds. The lowest BCUT2D eigenvalue weighted by atomic mass is 10.1. The molecule has 0 heterocycles. The van der Waals surface area contributed by atoms with Gasteiger partial charge in [-0.2, -0.15) is 0 Å². The molecule has 1 aromatic carbocycles. The lowest BCUT2D eigenvalue weighted by molar-refractivity contribution is -0.385. The number of rotatable bonds is 4. The number of nitrogens with zero attached hydrogens (tertiary/aromatic N) is 1. The van der Waals surface area contributed by atoms with Gasteiger partial charge in [0.25, 0.3) is 5.69 Å². The van der Waals surface area contributed by atoms with Crippen LogP contribution >= 0.6 is 0 Å². The van der Waals surface area contributed by atoms with E-state index in [4.69, 9.17) is 0 Å². The molecule has 1 aromatic rings. The van der Waals surface area contributed by atoms with E-state index in [1.807, 2.05) is 6.07 Å². The molecule has 1 aliphatic carbocycles. The van der Waals surface area contributed by atoms with Crippen LogP contribution in [0.25, 0.3) is 0 Å². The highest BCUT2D eigenvalue weighted by Gasteiger charge is 2.35. The molecule has 1 fully saturated rings. The highest BCUT2D eigenvalue weighted by atomic mass is 16.6. The predicted molar refractivity (Wildman–Crippen MR) is 63.6 cm³/mol. The minimum Gasteiger partial charge on any atom is -0.382 e. The van der Waals surface area contributed by atoms with Gasteiger partial charge in [-0.15, -0.1) is 0 Å². The van der Waals surface area contributed by atoms with E-state index in [1.165, 1.54) is 12.8 Å². The Labute approximate surface area is 94.8 Å². The second-order valence-electron chi connectivity index (χ2n) is 4.36. The molecule has 4 heteroatoms. The van der Waals surface area contributed by atoms with Gasteiger partial charge in [0.05, 0.1) is 4.92 Å². The van der Waals surface area contributed by atoms with Crippen molar-refractivity contribution in [3.05, 3.63) is 33.9 Å². The first-order valence-electron chi connectivity index (χ1n) is 5.64. The molecule has 0 saturated heterocycles. The van der Waals surface area contributed by atoms with Crippen LogP contribution in [0.1, 0.15) is 25.3 Å². The maximum atomic E-state index is 10.8. The number of anilines is 1. The van der Waals surface area contributed by atoms with Crippen molar-refractivity contribution in [1.82, 2.24) is 0 Å². The van der Waals surface area contributed by atoms with Gasteiger partial charge in [-0.25, -0.2) is 0 Å². The van der Waals surface area contributed by atoms with E-state index in [2.05, 4.69) is 12.2 Å². The van der Waals surface area contributed by atoms with Crippen molar-refractivity contribution in [3.63, 3.8) is 0 Å². The minimum absolute atomic E-state index is 0.193. The Kier molecular flexibility index (Phi) is 2.81. The van der Waals surface area contributed by atoms with Crippen LogP contribution in [0.3, 0.4) is 0 Å². The lowest BCUT2D eigenvalue weighted by Gasteiger charge is -2.08. The first kappa shape index (κ1) is 10.9. The van der Waals surface area contributed by atoms with E-state index in [1.54, 1.807) is 19.1 Å². The lowest BCUT2D eigenvalue weighted by Crippen LogP contribution is -2.06. The third kappa shape index (κ3) is 2.01. The SMILES string of the molecule is CCC1CC1Nc1cccc([N+](=O)[O-])c1C. The summed E-state index contributed by atoms with van der Waals surface area (Å²) in [5.74, 6) is 0.735. The monoisotopic (exact) mass is 220 g/mol. The van der Waals surface area contributed by atoms with Gasteiger partial charge in [0.2, 0.25) is 0 Å². The van der Waals surface area contributed by atoms with Crippen LogP contribution in [0.15, 0.2) is 18.2 Å². The van der Waals surface area contributed by atoms with Gasteiger partial charge in [-0.3, -0.25) is 10.1 Å². The van der Waals surface area contributed by atoms with Crippen molar-refractivity contribution < 1.29 is 4.92 Å². The van der Waals surface area contributed by atoms with Gasteiger partial charge in [0, 0.05) is 23.4 Å². The van der Waals surface area contributed by atoms with Gasteiger partial charge in [0.15, 0.2) is 0 Å². The summed E-state index contributed by atoms with van der Waals surface area (Å²) in [5, 5.41) is 14.1. The third-order valence-electron chi connectivity index (χ3n) is 3.29. The molecular formula is C12H16N2O2. The van der Waals surface area contributed by atoms with E-state index < -0.39 is 0 Å². The molecule has 1 aliphatic rings. The van der Waals surface area contributed by atoms with Crippen molar-refractivity contribution in [2.45, 2.75) is 32.7 Å². The summed E-state index contributed by atoms with van der Waals surface area (Å²) in [4.78, 5) is 10.4. The molecule has 2 unspecified atom stereocenters. The van der Waals surface area contributed by atoms with Gasteiger partial charge < -0.3 is 5.32 Å². The van der Waals surface area contributed by atoms with Crippen LogP contribution in [0.5, 0.6) is 0 Å². The van der Waals surface area contributed by atoms with E-state index in [-0.39, 0.29) is 10.6 Å². The molecule has 0 aromatic heterocycles. The van der Waals surface area contributed by atoms with Crippen molar-refractivity contribution in [1.29, 1.82) is 0 Å². The zero-order valence-electron chi connectivity index (χ0n) is 9.56. The molecule has 0 radical (unpaired) electrons. The zero-order chi connectivity index (χ0) is 11.7. The maximum Gasteiger partial charge on any atom is 0.274 e. The number of benzene rings is 1. The Morgan fingerprint density at radius 3 is 2.88 bits per heavy atom. The van der Waals surface area contributed by atoms with E-state index in [0.717, 1.165) is 17.2 Å². The quantitative estimate of drug-likeness (QED) is 0.626. The van der Waals surface area contributed by atoms with Gasteiger partial charge >= 0.3 is 0 Å². The molecule has 0 spiro atoms. The summed E-state index contributed by atoms with van der Waals surface area (Å²) in [6.45, 7) is 3.97.